The molecule has 0 radical (unpaired) electrons. The highest BCUT2D eigenvalue weighted by molar-refractivity contribution is 7.09. The zero-order valence-electron chi connectivity index (χ0n) is 15.3. The van der Waals surface area contributed by atoms with Crippen LogP contribution in [0.2, 0.25) is 5.02 Å². The molecule has 28 heavy (non-hydrogen) atoms. The lowest BCUT2D eigenvalue weighted by molar-refractivity contribution is 0.0313. The summed E-state index contributed by atoms with van der Waals surface area (Å²) in [4.78, 5) is 28.9. The van der Waals surface area contributed by atoms with E-state index in [4.69, 9.17) is 21.1 Å². The van der Waals surface area contributed by atoms with E-state index in [1.165, 1.54) is 18.3 Å². The third-order valence-corrected chi connectivity index (χ3v) is 5.00. The number of benzene rings is 2. The van der Waals surface area contributed by atoms with Crippen LogP contribution in [0.1, 0.15) is 38.3 Å². The molecule has 0 aliphatic rings. The summed E-state index contributed by atoms with van der Waals surface area (Å²) in [7, 11) is 0. The molecule has 1 atom stereocenters. The molecule has 0 amide bonds. The number of carbonyl (C=O) groups is 2. The van der Waals surface area contributed by atoms with Gasteiger partial charge in [-0.15, -0.1) is 11.3 Å². The summed E-state index contributed by atoms with van der Waals surface area (Å²) in [6.07, 6.45) is -0.928. The normalized spacial score (nSPS) is 11.7. The molecule has 1 heterocycles. The molecule has 0 saturated heterocycles. The molecule has 0 N–H and O–H groups in total. The van der Waals surface area contributed by atoms with Crippen LogP contribution in [0.25, 0.3) is 0 Å². The van der Waals surface area contributed by atoms with E-state index in [1.807, 2.05) is 31.2 Å². The fourth-order valence-electron chi connectivity index (χ4n) is 2.37. The van der Waals surface area contributed by atoms with Crippen molar-refractivity contribution < 1.29 is 19.1 Å². The standard InChI is InChI=1S/C21H18ClNO4S/c1-13-3-9-17(10-4-13)26-11-19-23-18(12-28-19)21(25)27-14(2)20(24)15-5-7-16(22)8-6-15/h3-10,12,14H,11H2,1-2H3/t14-/m1/s1. The number of carbonyl (C=O) groups excluding carboxylic acids is 2. The van der Waals surface area contributed by atoms with Gasteiger partial charge in [-0.3, -0.25) is 4.79 Å². The number of ether oxygens (including phenoxy) is 2. The number of hydrogen-bond acceptors (Lipinski definition) is 6. The van der Waals surface area contributed by atoms with Gasteiger partial charge < -0.3 is 9.47 Å². The Bertz CT molecular complexity index is 967. The fraction of sp³-hybridized carbons (Fsp3) is 0.190. The van der Waals surface area contributed by atoms with Gasteiger partial charge in [0.2, 0.25) is 5.78 Å². The quantitative estimate of drug-likeness (QED) is 0.396. The molecule has 3 rings (SSSR count). The van der Waals surface area contributed by atoms with Crippen LogP contribution < -0.4 is 4.74 Å². The minimum Gasteiger partial charge on any atom is -0.486 e. The summed E-state index contributed by atoms with van der Waals surface area (Å²) in [5.41, 5.74) is 1.73. The summed E-state index contributed by atoms with van der Waals surface area (Å²) < 4.78 is 10.9. The van der Waals surface area contributed by atoms with E-state index >= 15 is 0 Å². The van der Waals surface area contributed by atoms with Crippen LogP contribution in [0.15, 0.2) is 53.9 Å². The molecule has 0 spiro atoms. The van der Waals surface area contributed by atoms with E-state index in [2.05, 4.69) is 4.98 Å². The summed E-state index contributed by atoms with van der Waals surface area (Å²) in [6.45, 7) is 3.78. The van der Waals surface area contributed by atoms with E-state index in [0.717, 1.165) is 11.3 Å². The van der Waals surface area contributed by atoms with Gasteiger partial charge in [0.05, 0.1) is 0 Å². The van der Waals surface area contributed by atoms with Crippen LogP contribution in [-0.2, 0) is 11.3 Å². The second kappa shape index (κ2) is 8.99. The lowest BCUT2D eigenvalue weighted by Gasteiger charge is -2.11. The van der Waals surface area contributed by atoms with Crippen LogP contribution in [0.5, 0.6) is 5.75 Å². The smallest absolute Gasteiger partial charge is 0.358 e. The molecule has 0 fully saturated rings. The molecular formula is C21H18ClNO4S. The van der Waals surface area contributed by atoms with Crippen LogP contribution in [0.3, 0.4) is 0 Å². The second-order valence-electron chi connectivity index (χ2n) is 6.15. The zero-order valence-corrected chi connectivity index (χ0v) is 16.9. The predicted molar refractivity (Wildman–Crippen MR) is 108 cm³/mol. The molecule has 0 bridgehead atoms. The first-order valence-electron chi connectivity index (χ1n) is 8.57. The minimum absolute atomic E-state index is 0.156. The zero-order chi connectivity index (χ0) is 20.1. The van der Waals surface area contributed by atoms with Crippen molar-refractivity contribution in [2.24, 2.45) is 0 Å². The monoisotopic (exact) mass is 415 g/mol. The Morgan fingerprint density at radius 3 is 2.46 bits per heavy atom. The Morgan fingerprint density at radius 2 is 1.79 bits per heavy atom. The van der Waals surface area contributed by atoms with Crippen molar-refractivity contribution in [3.05, 3.63) is 80.8 Å². The molecule has 0 aliphatic heterocycles. The third kappa shape index (κ3) is 5.18. The number of Topliss-reactive ketones (excluding diaryl/α,β-unsaturated/α-hetero) is 1. The number of thiazole rings is 1. The van der Waals surface area contributed by atoms with E-state index in [9.17, 15) is 9.59 Å². The Hall–Kier alpha value is -2.70. The van der Waals surface area contributed by atoms with Gasteiger partial charge in [-0.2, -0.15) is 0 Å². The molecule has 7 heteroatoms. The van der Waals surface area contributed by atoms with Gasteiger partial charge in [0.15, 0.2) is 11.8 Å². The molecular weight excluding hydrogens is 398 g/mol. The maximum atomic E-state index is 12.4. The van der Waals surface area contributed by atoms with Crippen LogP contribution in [0, 0.1) is 6.92 Å². The van der Waals surface area contributed by atoms with Gasteiger partial charge in [0.1, 0.15) is 17.4 Å². The number of aryl methyl sites for hydroxylation is 1. The van der Waals surface area contributed by atoms with Gasteiger partial charge in [-0.1, -0.05) is 29.3 Å². The van der Waals surface area contributed by atoms with Crippen LogP contribution >= 0.6 is 22.9 Å². The Kier molecular flexibility index (Phi) is 6.44. The summed E-state index contributed by atoms with van der Waals surface area (Å²) in [5.74, 6) is -0.220. The van der Waals surface area contributed by atoms with E-state index < -0.39 is 12.1 Å². The SMILES string of the molecule is Cc1ccc(OCc2nc(C(=O)O[C@H](C)C(=O)c3ccc(Cl)cc3)cs2)cc1. The first-order valence-corrected chi connectivity index (χ1v) is 9.83. The average molecular weight is 416 g/mol. The van der Waals surface area contributed by atoms with E-state index in [-0.39, 0.29) is 18.1 Å². The Labute approximate surface area is 171 Å². The highest BCUT2D eigenvalue weighted by atomic mass is 35.5. The van der Waals surface area contributed by atoms with Gasteiger partial charge in [-0.05, 0) is 50.2 Å². The van der Waals surface area contributed by atoms with Crippen LogP contribution in [0.4, 0.5) is 0 Å². The average Bonchev–Trinajstić information content (AvgIpc) is 3.17. The van der Waals surface area contributed by atoms with Crippen molar-refractivity contribution in [2.75, 3.05) is 0 Å². The van der Waals surface area contributed by atoms with Crippen molar-refractivity contribution in [1.29, 1.82) is 0 Å². The molecule has 5 nitrogen and oxygen atoms in total. The maximum absolute atomic E-state index is 12.4. The largest absolute Gasteiger partial charge is 0.486 e. The van der Waals surface area contributed by atoms with Crippen LogP contribution in [-0.4, -0.2) is 22.8 Å². The minimum atomic E-state index is -0.928. The molecule has 144 valence electrons. The molecule has 0 unspecified atom stereocenters. The van der Waals surface area contributed by atoms with Gasteiger partial charge in [0.25, 0.3) is 0 Å². The van der Waals surface area contributed by atoms with Crippen molar-refractivity contribution in [2.45, 2.75) is 26.6 Å². The van der Waals surface area contributed by atoms with Crippen molar-refractivity contribution in [3.63, 3.8) is 0 Å². The second-order valence-corrected chi connectivity index (χ2v) is 7.53. The van der Waals surface area contributed by atoms with Crippen molar-refractivity contribution >= 4 is 34.7 Å². The Balaban J connectivity index is 1.56. The molecule has 0 saturated carbocycles. The van der Waals surface area contributed by atoms with E-state index in [1.54, 1.807) is 29.6 Å². The molecule has 3 aromatic rings. The summed E-state index contributed by atoms with van der Waals surface area (Å²) in [6, 6.07) is 14.1. The predicted octanol–water partition coefficient (Wildman–Crippen LogP) is 5.11. The number of ketones is 1. The number of esters is 1. The van der Waals surface area contributed by atoms with Gasteiger partial charge >= 0.3 is 5.97 Å². The van der Waals surface area contributed by atoms with Crippen molar-refractivity contribution in [3.8, 4) is 5.75 Å². The number of hydrogen-bond donors (Lipinski definition) is 0. The maximum Gasteiger partial charge on any atom is 0.358 e. The number of aromatic nitrogens is 1. The van der Waals surface area contributed by atoms with Gasteiger partial charge in [-0.25, -0.2) is 9.78 Å². The number of nitrogens with zero attached hydrogens (tertiary/aromatic N) is 1. The third-order valence-electron chi connectivity index (χ3n) is 3.93. The Morgan fingerprint density at radius 1 is 1.11 bits per heavy atom. The first kappa shape index (κ1) is 20.0. The van der Waals surface area contributed by atoms with Crippen molar-refractivity contribution in [1.82, 2.24) is 4.98 Å². The fourth-order valence-corrected chi connectivity index (χ4v) is 3.17. The lowest BCUT2D eigenvalue weighted by Crippen LogP contribution is -2.24. The first-order chi connectivity index (χ1) is 13.4. The molecule has 1 aromatic heterocycles. The number of rotatable bonds is 7. The molecule has 0 aliphatic carbocycles. The highest BCUT2D eigenvalue weighted by Gasteiger charge is 2.22. The topological polar surface area (TPSA) is 65.5 Å². The highest BCUT2D eigenvalue weighted by Crippen LogP contribution is 2.18. The van der Waals surface area contributed by atoms with Gasteiger partial charge in [0, 0.05) is 16.0 Å². The summed E-state index contributed by atoms with van der Waals surface area (Å²) in [5, 5.41) is 2.77. The summed E-state index contributed by atoms with van der Waals surface area (Å²) >= 11 is 7.12. The van der Waals surface area contributed by atoms with E-state index in [0.29, 0.717) is 15.6 Å². The lowest BCUT2D eigenvalue weighted by atomic mass is 10.1. The number of halogens is 1. The molecule has 2 aromatic carbocycles.